The van der Waals surface area contributed by atoms with Crippen LogP contribution in [0.25, 0.3) is 27.8 Å². The molecule has 0 atom stereocenters. The molecule has 1 aromatic carbocycles. The zero-order chi connectivity index (χ0) is 21.8. The zero-order valence-corrected chi connectivity index (χ0v) is 18.1. The van der Waals surface area contributed by atoms with Crippen LogP contribution in [0, 0.1) is 6.92 Å². The number of aryl methyl sites for hydroxylation is 1. The number of rotatable bonds is 2. The molecule has 0 aliphatic carbocycles. The monoisotopic (exact) mass is 406 g/mol. The van der Waals surface area contributed by atoms with Crippen molar-refractivity contribution in [3.63, 3.8) is 0 Å². The Labute approximate surface area is 174 Å². The quantitative estimate of drug-likeness (QED) is 0.490. The van der Waals surface area contributed by atoms with E-state index < -0.39 is 11.7 Å². The second kappa shape index (κ2) is 6.86. The summed E-state index contributed by atoms with van der Waals surface area (Å²) in [5, 5.41) is 15.2. The highest BCUT2D eigenvalue weighted by Crippen LogP contribution is 2.40. The summed E-state index contributed by atoms with van der Waals surface area (Å²) in [7, 11) is 0. The fourth-order valence-corrected chi connectivity index (χ4v) is 3.89. The number of carbonyl (C=O) groups excluding carboxylic acids is 1. The third kappa shape index (κ3) is 3.30. The second-order valence-corrected chi connectivity index (χ2v) is 8.87. The molecule has 30 heavy (non-hydrogen) atoms. The largest absolute Gasteiger partial charge is 0.508 e. The van der Waals surface area contributed by atoms with Crippen molar-refractivity contribution in [3.8, 4) is 17.0 Å². The van der Waals surface area contributed by atoms with Crippen molar-refractivity contribution < 1.29 is 14.6 Å². The third-order valence-corrected chi connectivity index (χ3v) is 4.98. The van der Waals surface area contributed by atoms with Gasteiger partial charge in [0.1, 0.15) is 17.7 Å². The van der Waals surface area contributed by atoms with Gasteiger partial charge in [0.25, 0.3) is 0 Å². The molecule has 3 heterocycles. The first kappa shape index (κ1) is 19.9. The van der Waals surface area contributed by atoms with Crippen LogP contribution < -0.4 is 0 Å². The smallest absolute Gasteiger partial charge is 0.419 e. The molecule has 0 radical (unpaired) electrons. The minimum absolute atomic E-state index is 0.0970. The molecule has 4 aromatic rings. The Morgan fingerprint density at radius 2 is 1.93 bits per heavy atom. The molecule has 4 rings (SSSR count). The Balaban J connectivity index is 2.11. The molecule has 0 amide bonds. The Kier molecular flexibility index (Phi) is 4.56. The second-order valence-electron chi connectivity index (χ2n) is 8.87. The summed E-state index contributed by atoms with van der Waals surface area (Å²) < 4.78 is 9.06. The van der Waals surface area contributed by atoms with E-state index in [1.807, 2.05) is 40.0 Å². The van der Waals surface area contributed by atoms with E-state index in [1.54, 1.807) is 27.3 Å². The van der Waals surface area contributed by atoms with Crippen LogP contribution in [-0.4, -0.2) is 36.0 Å². The van der Waals surface area contributed by atoms with Crippen molar-refractivity contribution in [2.75, 3.05) is 0 Å². The standard InChI is InChI=1S/C23H26N4O3/c1-13(2)19-17-10-16(28)7-8-18(17)27(22(29)30-23(4,5)6)20(19)15-9-14(3)21-24-12-25-26(21)11-15/h7-13,28H,1-6H3. The summed E-state index contributed by atoms with van der Waals surface area (Å²) in [5.41, 5.74) is 4.29. The van der Waals surface area contributed by atoms with Crippen molar-refractivity contribution in [2.24, 2.45) is 0 Å². The number of carbonyl (C=O) groups is 1. The van der Waals surface area contributed by atoms with Gasteiger partial charge in [0.2, 0.25) is 0 Å². The molecule has 0 saturated carbocycles. The van der Waals surface area contributed by atoms with Crippen LogP contribution in [0.1, 0.15) is 51.7 Å². The van der Waals surface area contributed by atoms with E-state index >= 15 is 0 Å². The summed E-state index contributed by atoms with van der Waals surface area (Å²) in [6.45, 7) is 11.6. The van der Waals surface area contributed by atoms with Crippen molar-refractivity contribution in [3.05, 3.63) is 47.9 Å². The topological polar surface area (TPSA) is 81.7 Å². The van der Waals surface area contributed by atoms with E-state index in [0.29, 0.717) is 5.52 Å². The minimum atomic E-state index is -0.647. The average molecular weight is 406 g/mol. The Hall–Kier alpha value is -3.35. The van der Waals surface area contributed by atoms with Gasteiger partial charge in [-0.25, -0.2) is 18.9 Å². The lowest BCUT2D eigenvalue weighted by molar-refractivity contribution is 0.0547. The highest BCUT2D eigenvalue weighted by atomic mass is 16.6. The average Bonchev–Trinajstić information content (AvgIpc) is 3.22. The predicted molar refractivity (Wildman–Crippen MR) is 116 cm³/mol. The molecule has 1 N–H and O–H groups in total. The number of hydrogen-bond donors (Lipinski definition) is 1. The zero-order valence-electron chi connectivity index (χ0n) is 18.1. The van der Waals surface area contributed by atoms with Crippen LogP contribution in [0.3, 0.4) is 0 Å². The van der Waals surface area contributed by atoms with Crippen LogP contribution in [0.15, 0.2) is 36.8 Å². The molecule has 0 saturated heterocycles. The maximum Gasteiger partial charge on any atom is 0.419 e. The molecule has 0 bridgehead atoms. The molecule has 156 valence electrons. The number of fused-ring (bicyclic) bond motifs is 2. The van der Waals surface area contributed by atoms with Gasteiger partial charge in [-0.05, 0) is 69.0 Å². The summed E-state index contributed by atoms with van der Waals surface area (Å²) in [6.07, 6.45) is 2.92. The van der Waals surface area contributed by atoms with Crippen LogP contribution in [0.4, 0.5) is 4.79 Å². The van der Waals surface area contributed by atoms with Crippen LogP contribution in [-0.2, 0) is 4.74 Å². The number of hydrogen-bond acceptors (Lipinski definition) is 5. The number of aromatic hydroxyl groups is 1. The maximum atomic E-state index is 13.3. The van der Waals surface area contributed by atoms with Gasteiger partial charge < -0.3 is 9.84 Å². The van der Waals surface area contributed by atoms with Gasteiger partial charge in [-0.2, -0.15) is 5.10 Å². The number of nitrogens with zero attached hydrogens (tertiary/aromatic N) is 4. The summed E-state index contributed by atoms with van der Waals surface area (Å²) in [4.78, 5) is 17.6. The maximum absolute atomic E-state index is 13.3. The molecule has 0 aliphatic heterocycles. The predicted octanol–water partition coefficient (Wildman–Crippen LogP) is 5.27. The highest BCUT2D eigenvalue weighted by Gasteiger charge is 2.28. The van der Waals surface area contributed by atoms with Crippen molar-refractivity contribution in [1.82, 2.24) is 19.2 Å². The first-order chi connectivity index (χ1) is 14.1. The fraction of sp³-hybridized carbons (Fsp3) is 0.348. The normalized spacial score (nSPS) is 12.2. The molecule has 7 heteroatoms. The number of phenolic OH excluding ortho intramolecular Hbond substituents is 1. The molecule has 0 unspecified atom stereocenters. The van der Waals surface area contributed by atoms with E-state index in [4.69, 9.17) is 4.74 Å². The number of ether oxygens (including phenoxy) is 1. The fourth-order valence-electron chi connectivity index (χ4n) is 3.89. The molecule has 0 aliphatic rings. The number of benzene rings is 1. The van der Waals surface area contributed by atoms with Crippen molar-refractivity contribution in [2.45, 2.75) is 53.1 Å². The van der Waals surface area contributed by atoms with Gasteiger partial charge in [0.05, 0.1) is 11.2 Å². The molecule has 7 nitrogen and oxygen atoms in total. The lowest BCUT2D eigenvalue weighted by atomic mass is 9.96. The lowest BCUT2D eigenvalue weighted by Crippen LogP contribution is -2.27. The van der Waals surface area contributed by atoms with Gasteiger partial charge in [-0.1, -0.05) is 13.8 Å². The SMILES string of the molecule is Cc1cc(-c2c(C(C)C)c3cc(O)ccc3n2C(=O)OC(C)(C)C)cn2ncnc12. The number of aromatic nitrogens is 4. The highest BCUT2D eigenvalue weighted by molar-refractivity contribution is 6.00. The summed E-state index contributed by atoms with van der Waals surface area (Å²) >= 11 is 0. The van der Waals surface area contributed by atoms with Crippen LogP contribution >= 0.6 is 0 Å². The van der Waals surface area contributed by atoms with E-state index in [9.17, 15) is 9.90 Å². The lowest BCUT2D eigenvalue weighted by Gasteiger charge is -2.21. The molecular weight excluding hydrogens is 380 g/mol. The van der Waals surface area contributed by atoms with Gasteiger partial charge in [0, 0.05) is 17.1 Å². The summed E-state index contributed by atoms with van der Waals surface area (Å²) in [5.74, 6) is 0.250. The van der Waals surface area contributed by atoms with Crippen molar-refractivity contribution in [1.29, 1.82) is 0 Å². The molecular formula is C23H26N4O3. The van der Waals surface area contributed by atoms with Gasteiger partial charge >= 0.3 is 6.09 Å². The van der Waals surface area contributed by atoms with E-state index in [1.165, 1.54) is 6.33 Å². The number of phenols is 1. The van der Waals surface area contributed by atoms with E-state index in [-0.39, 0.29) is 11.7 Å². The Morgan fingerprint density at radius 3 is 2.60 bits per heavy atom. The third-order valence-electron chi connectivity index (χ3n) is 4.98. The van der Waals surface area contributed by atoms with Gasteiger partial charge in [-0.15, -0.1) is 0 Å². The van der Waals surface area contributed by atoms with E-state index in [2.05, 4.69) is 23.9 Å². The van der Waals surface area contributed by atoms with Crippen LogP contribution in [0.2, 0.25) is 0 Å². The van der Waals surface area contributed by atoms with Crippen LogP contribution in [0.5, 0.6) is 5.75 Å². The summed E-state index contributed by atoms with van der Waals surface area (Å²) in [6, 6.07) is 7.05. The minimum Gasteiger partial charge on any atom is -0.508 e. The van der Waals surface area contributed by atoms with Gasteiger partial charge in [0.15, 0.2) is 5.65 Å². The number of pyridine rings is 1. The first-order valence-electron chi connectivity index (χ1n) is 9.98. The van der Waals surface area contributed by atoms with Gasteiger partial charge in [-0.3, -0.25) is 0 Å². The van der Waals surface area contributed by atoms with E-state index in [0.717, 1.165) is 33.4 Å². The molecule has 0 spiro atoms. The Bertz CT molecular complexity index is 1280. The molecule has 0 fully saturated rings. The Morgan fingerprint density at radius 1 is 1.20 bits per heavy atom. The molecule has 3 aromatic heterocycles. The van der Waals surface area contributed by atoms with Crippen molar-refractivity contribution >= 4 is 22.6 Å². The first-order valence-corrected chi connectivity index (χ1v) is 9.98.